The molecule has 0 aliphatic rings. The van der Waals surface area contributed by atoms with Crippen molar-refractivity contribution in [3.05, 3.63) is 22.9 Å². The van der Waals surface area contributed by atoms with Crippen molar-refractivity contribution in [2.24, 2.45) is 0 Å². The van der Waals surface area contributed by atoms with Crippen LogP contribution in [0.15, 0.2) is 6.07 Å². The van der Waals surface area contributed by atoms with Crippen molar-refractivity contribution in [3.63, 3.8) is 0 Å². The zero-order valence-electron chi connectivity index (χ0n) is 7.22. The molecule has 0 saturated heterocycles. The minimum atomic E-state index is -4.59. The molecule has 0 atom stereocenters. The largest absolute Gasteiger partial charge is 0.417 e. The number of aldehydes is 1. The second-order valence-corrected chi connectivity index (χ2v) is 2.73. The zero-order chi connectivity index (χ0) is 10.9. The molecule has 1 rings (SSSR count). The van der Waals surface area contributed by atoms with E-state index < -0.39 is 23.1 Å². The van der Waals surface area contributed by atoms with E-state index >= 15 is 0 Å². The molecule has 0 unspecified atom stereocenters. The lowest BCUT2D eigenvalue weighted by molar-refractivity contribution is -0.137. The Balaban J connectivity index is 3.48. The van der Waals surface area contributed by atoms with Crippen molar-refractivity contribution in [2.75, 3.05) is 5.73 Å². The van der Waals surface area contributed by atoms with Gasteiger partial charge in [0.05, 0.1) is 11.1 Å². The summed E-state index contributed by atoms with van der Waals surface area (Å²) in [6.07, 6.45) is -4.53. The van der Waals surface area contributed by atoms with Crippen molar-refractivity contribution in [2.45, 2.75) is 13.1 Å². The lowest BCUT2D eigenvalue weighted by Gasteiger charge is -2.11. The molecule has 3 nitrogen and oxygen atoms in total. The minimum Gasteiger partial charge on any atom is -0.383 e. The fraction of sp³-hybridized carbons (Fsp3) is 0.250. The summed E-state index contributed by atoms with van der Waals surface area (Å²) in [6.45, 7) is 1.38. The number of halogens is 3. The summed E-state index contributed by atoms with van der Waals surface area (Å²) in [5.74, 6) is -0.396. The van der Waals surface area contributed by atoms with Crippen LogP contribution in [-0.2, 0) is 6.18 Å². The summed E-state index contributed by atoms with van der Waals surface area (Å²) in [6, 6.07) is 0.792. The molecule has 0 bridgehead atoms. The number of pyridine rings is 1. The fourth-order valence-corrected chi connectivity index (χ4v) is 1.07. The van der Waals surface area contributed by atoms with Crippen molar-refractivity contribution >= 4 is 12.1 Å². The van der Waals surface area contributed by atoms with Gasteiger partial charge in [-0.3, -0.25) is 4.79 Å². The molecule has 1 aromatic rings. The van der Waals surface area contributed by atoms with E-state index in [9.17, 15) is 18.0 Å². The van der Waals surface area contributed by atoms with E-state index in [0.29, 0.717) is 0 Å². The number of alkyl halides is 3. The second kappa shape index (κ2) is 3.28. The van der Waals surface area contributed by atoms with Crippen LogP contribution < -0.4 is 5.73 Å². The Morgan fingerprint density at radius 3 is 2.50 bits per heavy atom. The summed E-state index contributed by atoms with van der Waals surface area (Å²) in [7, 11) is 0. The lowest BCUT2D eigenvalue weighted by Crippen LogP contribution is -2.12. The molecule has 0 aliphatic carbocycles. The van der Waals surface area contributed by atoms with Gasteiger partial charge in [-0.1, -0.05) is 0 Å². The molecule has 0 aromatic carbocycles. The third-order valence-corrected chi connectivity index (χ3v) is 1.64. The maximum atomic E-state index is 12.4. The maximum Gasteiger partial charge on any atom is 0.417 e. The molecule has 1 aromatic heterocycles. The van der Waals surface area contributed by atoms with Gasteiger partial charge in [-0.15, -0.1) is 0 Å². The van der Waals surface area contributed by atoms with Gasteiger partial charge in [0.2, 0.25) is 0 Å². The molecule has 2 N–H and O–H groups in total. The minimum absolute atomic E-state index is 0.0601. The summed E-state index contributed by atoms with van der Waals surface area (Å²) in [4.78, 5) is 14.0. The van der Waals surface area contributed by atoms with Gasteiger partial charge in [0.1, 0.15) is 5.82 Å². The van der Waals surface area contributed by atoms with Gasteiger partial charge in [0.15, 0.2) is 6.29 Å². The van der Waals surface area contributed by atoms with Crippen LogP contribution in [0.5, 0.6) is 0 Å². The van der Waals surface area contributed by atoms with Gasteiger partial charge in [0.25, 0.3) is 0 Å². The number of aromatic nitrogens is 1. The maximum absolute atomic E-state index is 12.4. The fourth-order valence-electron chi connectivity index (χ4n) is 1.07. The van der Waals surface area contributed by atoms with Crippen molar-refractivity contribution in [1.82, 2.24) is 4.98 Å². The summed E-state index contributed by atoms with van der Waals surface area (Å²) >= 11 is 0. The van der Waals surface area contributed by atoms with E-state index in [1.54, 1.807) is 0 Å². The van der Waals surface area contributed by atoms with Crippen LogP contribution in [0.1, 0.15) is 21.6 Å². The Bertz CT molecular complexity index is 374. The predicted octanol–water partition coefficient (Wildman–Crippen LogP) is 1.80. The highest BCUT2D eigenvalue weighted by Gasteiger charge is 2.34. The zero-order valence-corrected chi connectivity index (χ0v) is 7.22. The second-order valence-electron chi connectivity index (χ2n) is 2.73. The van der Waals surface area contributed by atoms with Crippen LogP contribution in [0.2, 0.25) is 0 Å². The summed E-state index contributed by atoms with van der Waals surface area (Å²) in [5.41, 5.74) is 3.66. The molecule has 0 amide bonds. The van der Waals surface area contributed by atoms with E-state index in [1.807, 2.05) is 0 Å². The van der Waals surface area contributed by atoms with Crippen LogP contribution in [0, 0.1) is 6.92 Å². The van der Waals surface area contributed by atoms with Crippen molar-refractivity contribution < 1.29 is 18.0 Å². The number of nitrogens with zero attached hydrogens (tertiary/aromatic N) is 1. The molecule has 0 aliphatic heterocycles. The first-order valence-electron chi connectivity index (χ1n) is 3.65. The van der Waals surface area contributed by atoms with E-state index in [4.69, 9.17) is 5.73 Å². The number of aryl methyl sites for hydroxylation is 1. The number of hydrogen-bond acceptors (Lipinski definition) is 3. The molecule has 1 heterocycles. The highest BCUT2D eigenvalue weighted by molar-refractivity contribution is 5.84. The number of nitrogen functional groups attached to an aromatic ring is 1. The Kier molecular flexibility index (Phi) is 2.46. The number of anilines is 1. The molecule has 14 heavy (non-hydrogen) atoms. The number of carbonyl (C=O) groups is 1. The number of rotatable bonds is 1. The van der Waals surface area contributed by atoms with Gasteiger partial charge in [-0.05, 0) is 13.0 Å². The van der Waals surface area contributed by atoms with Crippen LogP contribution in [0.25, 0.3) is 0 Å². The first kappa shape index (κ1) is 10.5. The summed E-state index contributed by atoms with van der Waals surface area (Å²) < 4.78 is 37.1. The third kappa shape index (κ3) is 1.84. The molecular formula is C8H7F3N2O. The SMILES string of the molecule is Cc1cc(C(F)(F)F)c(C=O)c(N)n1. The van der Waals surface area contributed by atoms with Gasteiger partial charge in [0, 0.05) is 5.69 Å². The van der Waals surface area contributed by atoms with Gasteiger partial charge in [-0.2, -0.15) is 13.2 Å². The molecule has 6 heteroatoms. The molecule has 76 valence electrons. The highest BCUT2D eigenvalue weighted by Crippen LogP contribution is 2.33. The topological polar surface area (TPSA) is 56.0 Å². The van der Waals surface area contributed by atoms with E-state index in [2.05, 4.69) is 4.98 Å². The summed E-state index contributed by atoms with van der Waals surface area (Å²) in [5, 5.41) is 0. The smallest absolute Gasteiger partial charge is 0.383 e. The average Bonchev–Trinajstić information content (AvgIpc) is 2.01. The molecule has 0 radical (unpaired) electrons. The average molecular weight is 204 g/mol. The molecule has 0 fully saturated rings. The van der Waals surface area contributed by atoms with Crippen LogP contribution in [0.3, 0.4) is 0 Å². The Morgan fingerprint density at radius 1 is 1.50 bits per heavy atom. The normalized spacial score (nSPS) is 11.4. The van der Waals surface area contributed by atoms with Crippen molar-refractivity contribution in [1.29, 1.82) is 0 Å². The Labute approximate surface area is 77.7 Å². The molecule has 0 saturated carbocycles. The van der Waals surface area contributed by atoms with Gasteiger partial charge < -0.3 is 5.73 Å². The predicted molar refractivity (Wildman–Crippen MR) is 43.8 cm³/mol. The quantitative estimate of drug-likeness (QED) is 0.709. The Hall–Kier alpha value is -1.59. The Morgan fingerprint density at radius 2 is 2.07 bits per heavy atom. The van der Waals surface area contributed by atoms with Gasteiger partial charge >= 0.3 is 6.18 Å². The van der Waals surface area contributed by atoms with Gasteiger partial charge in [-0.25, -0.2) is 4.98 Å². The van der Waals surface area contributed by atoms with Crippen LogP contribution >= 0.6 is 0 Å². The number of nitrogens with two attached hydrogens (primary N) is 1. The monoisotopic (exact) mass is 204 g/mol. The van der Waals surface area contributed by atoms with E-state index in [0.717, 1.165) is 6.07 Å². The van der Waals surface area contributed by atoms with Crippen LogP contribution in [-0.4, -0.2) is 11.3 Å². The van der Waals surface area contributed by atoms with E-state index in [1.165, 1.54) is 6.92 Å². The standard InChI is InChI=1S/C8H7F3N2O/c1-4-2-6(8(9,10)11)5(3-14)7(12)13-4/h2-3H,1H3,(H2,12,13). The number of hydrogen-bond donors (Lipinski definition) is 1. The number of carbonyl (C=O) groups excluding carboxylic acids is 1. The van der Waals surface area contributed by atoms with E-state index in [-0.39, 0.29) is 12.0 Å². The molecule has 0 spiro atoms. The molecular weight excluding hydrogens is 197 g/mol. The first-order chi connectivity index (χ1) is 6.36. The first-order valence-corrected chi connectivity index (χ1v) is 3.65. The van der Waals surface area contributed by atoms with Crippen LogP contribution in [0.4, 0.5) is 19.0 Å². The highest BCUT2D eigenvalue weighted by atomic mass is 19.4. The lowest BCUT2D eigenvalue weighted by atomic mass is 10.1. The van der Waals surface area contributed by atoms with Crippen molar-refractivity contribution in [3.8, 4) is 0 Å². The third-order valence-electron chi connectivity index (χ3n) is 1.64.